The summed E-state index contributed by atoms with van der Waals surface area (Å²) in [5, 5.41) is 2.96. The van der Waals surface area contributed by atoms with Crippen LogP contribution < -0.4 is 5.32 Å². The van der Waals surface area contributed by atoms with Crippen LogP contribution in [0.5, 0.6) is 0 Å². The molecule has 0 atom stereocenters. The molecule has 3 nitrogen and oxygen atoms in total. The van der Waals surface area contributed by atoms with E-state index >= 15 is 0 Å². The SMILES string of the molecule is O=C(NC1(CCl)CCOCC1)c1ccc(F)cc1Br. The molecule has 0 spiro atoms. The maximum absolute atomic E-state index is 13.0. The quantitative estimate of drug-likeness (QED) is 0.851. The van der Waals surface area contributed by atoms with E-state index in [2.05, 4.69) is 21.2 Å². The smallest absolute Gasteiger partial charge is 0.252 e. The van der Waals surface area contributed by atoms with E-state index in [0.29, 0.717) is 42.0 Å². The number of hydrogen-bond donors (Lipinski definition) is 1. The number of hydrogen-bond acceptors (Lipinski definition) is 2. The number of rotatable bonds is 3. The molecule has 2 rings (SSSR count). The summed E-state index contributed by atoms with van der Waals surface area (Å²) in [6.07, 6.45) is 1.36. The number of nitrogens with one attached hydrogen (secondary N) is 1. The molecule has 0 aliphatic carbocycles. The van der Waals surface area contributed by atoms with Gasteiger partial charge in [0.15, 0.2) is 0 Å². The van der Waals surface area contributed by atoms with Gasteiger partial charge in [-0.25, -0.2) is 4.39 Å². The summed E-state index contributed by atoms with van der Waals surface area (Å²) in [7, 11) is 0. The van der Waals surface area contributed by atoms with Crippen molar-refractivity contribution in [1.82, 2.24) is 5.32 Å². The normalized spacial score (nSPS) is 18.1. The topological polar surface area (TPSA) is 38.3 Å². The molecular weight excluding hydrogens is 337 g/mol. The van der Waals surface area contributed by atoms with Crippen molar-refractivity contribution in [2.75, 3.05) is 19.1 Å². The van der Waals surface area contributed by atoms with Crippen LogP contribution in [0.4, 0.5) is 4.39 Å². The maximum Gasteiger partial charge on any atom is 0.252 e. The molecule has 6 heteroatoms. The van der Waals surface area contributed by atoms with E-state index in [9.17, 15) is 9.18 Å². The van der Waals surface area contributed by atoms with Crippen molar-refractivity contribution in [3.05, 3.63) is 34.1 Å². The van der Waals surface area contributed by atoms with E-state index in [0.717, 1.165) is 0 Å². The highest BCUT2D eigenvalue weighted by Crippen LogP contribution is 2.24. The Morgan fingerprint density at radius 2 is 2.16 bits per heavy atom. The third kappa shape index (κ3) is 3.46. The summed E-state index contributed by atoms with van der Waals surface area (Å²) in [6, 6.07) is 3.99. The van der Waals surface area contributed by atoms with E-state index < -0.39 is 5.54 Å². The van der Waals surface area contributed by atoms with Gasteiger partial charge >= 0.3 is 0 Å². The molecule has 1 saturated heterocycles. The van der Waals surface area contributed by atoms with Crippen LogP contribution in [-0.4, -0.2) is 30.5 Å². The Morgan fingerprint density at radius 3 is 2.74 bits per heavy atom. The predicted molar refractivity (Wildman–Crippen MR) is 75.1 cm³/mol. The molecule has 0 saturated carbocycles. The molecule has 1 fully saturated rings. The van der Waals surface area contributed by atoms with Crippen molar-refractivity contribution in [1.29, 1.82) is 0 Å². The molecule has 0 aromatic heterocycles. The Morgan fingerprint density at radius 1 is 1.47 bits per heavy atom. The van der Waals surface area contributed by atoms with Gasteiger partial charge in [0.2, 0.25) is 0 Å². The number of ether oxygens (including phenoxy) is 1. The van der Waals surface area contributed by atoms with Gasteiger partial charge in [-0.3, -0.25) is 4.79 Å². The van der Waals surface area contributed by atoms with Crippen molar-refractivity contribution in [3.8, 4) is 0 Å². The molecule has 0 unspecified atom stereocenters. The van der Waals surface area contributed by atoms with Gasteiger partial charge in [-0.1, -0.05) is 0 Å². The van der Waals surface area contributed by atoms with Crippen LogP contribution in [0, 0.1) is 5.82 Å². The van der Waals surface area contributed by atoms with E-state index in [4.69, 9.17) is 16.3 Å². The second-order valence-electron chi connectivity index (χ2n) is 4.60. The molecule has 1 amide bonds. The van der Waals surface area contributed by atoms with Crippen LogP contribution in [0.15, 0.2) is 22.7 Å². The minimum atomic E-state index is -0.440. The molecule has 1 heterocycles. The summed E-state index contributed by atoms with van der Waals surface area (Å²) >= 11 is 9.19. The molecule has 19 heavy (non-hydrogen) atoms. The largest absolute Gasteiger partial charge is 0.381 e. The lowest BCUT2D eigenvalue weighted by atomic mass is 9.92. The third-order valence-electron chi connectivity index (χ3n) is 3.26. The summed E-state index contributed by atoms with van der Waals surface area (Å²) in [4.78, 5) is 12.2. The number of carbonyl (C=O) groups excluding carboxylic acids is 1. The van der Waals surface area contributed by atoms with E-state index in [-0.39, 0.29) is 11.7 Å². The minimum absolute atomic E-state index is 0.255. The Balaban J connectivity index is 2.15. The van der Waals surface area contributed by atoms with Crippen LogP contribution in [0.2, 0.25) is 0 Å². The van der Waals surface area contributed by atoms with Gasteiger partial charge in [0.25, 0.3) is 5.91 Å². The van der Waals surface area contributed by atoms with Crippen molar-refractivity contribution < 1.29 is 13.9 Å². The Labute approximate surface area is 124 Å². The number of alkyl halides is 1. The molecule has 1 aliphatic rings. The molecule has 1 N–H and O–H groups in total. The van der Waals surface area contributed by atoms with Crippen molar-refractivity contribution in [2.24, 2.45) is 0 Å². The van der Waals surface area contributed by atoms with Crippen LogP contribution in [0.3, 0.4) is 0 Å². The minimum Gasteiger partial charge on any atom is -0.381 e. The Bertz CT molecular complexity index is 478. The zero-order valence-corrected chi connectivity index (χ0v) is 12.6. The van der Waals surface area contributed by atoms with Gasteiger partial charge in [-0.15, -0.1) is 11.6 Å². The molecule has 1 aliphatic heterocycles. The first-order valence-corrected chi connectivity index (χ1v) is 7.30. The van der Waals surface area contributed by atoms with Crippen LogP contribution in [-0.2, 0) is 4.74 Å². The monoisotopic (exact) mass is 349 g/mol. The van der Waals surface area contributed by atoms with Gasteiger partial charge < -0.3 is 10.1 Å². The molecule has 104 valence electrons. The number of benzene rings is 1. The predicted octanol–water partition coefficient (Wildman–Crippen LogP) is 3.11. The molecule has 1 aromatic carbocycles. The average Bonchev–Trinajstić information content (AvgIpc) is 2.39. The second kappa shape index (κ2) is 6.20. The summed E-state index contributed by atoms with van der Waals surface area (Å²) in [6.45, 7) is 1.16. The average molecular weight is 351 g/mol. The van der Waals surface area contributed by atoms with E-state index in [1.807, 2.05) is 0 Å². The van der Waals surface area contributed by atoms with Crippen LogP contribution >= 0.6 is 27.5 Å². The lowest BCUT2D eigenvalue weighted by molar-refractivity contribution is 0.0433. The van der Waals surface area contributed by atoms with Crippen molar-refractivity contribution >= 4 is 33.4 Å². The first-order valence-electron chi connectivity index (χ1n) is 5.98. The van der Waals surface area contributed by atoms with Gasteiger partial charge in [-0.2, -0.15) is 0 Å². The standard InChI is InChI=1S/C13H14BrClFNO2/c14-11-7-9(16)1-2-10(11)12(18)17-13(8-15)3-5-19-6-4-13/h1-2,7H,3-6,8H2,(H,17,18). The molecule has 1 aromatic rings. The zero-order chi connectivity index (χ0) is 13.9. The van der Waals surface area contributed by atoms with Crippen LogP contribution in [0.25, 0.3) is 0 Å². The van der Waals surface area contributed by atoms with E-state index in [1.165, 1.54) is 18.2 Å². The highest BCUT2D eigenvalue weighted by atomic mass is 79.9. The zero-order valence-electron chi connectivity index (χ0n) is 10.2. The van der Waals surface area contributed by atoms with Gasteiger partial charge in [-0.05, 0) is 47.0 Å². The Hall–Kier alpha value is -0.650. The fourth-order valence-corrected chi connectivity index (χ4v) is 2.90. The van der Waals surface area contributed by atoms with E-state index in [1.54, 1.807) is 0 Å². The molecule has 0 radical (unpaired) electrons. The van der Waals surface area contributed by atoms with Crippen LogP contribution in [0.1, 0.15) is 23.2 Å². The fourth-order valence-electron chi connectivity index (χ4n) is 2.04. The second-order valence-corrected chi connectivity index (χ2v) is 5.73. The summed E-state index contributed by atoms with van der Waals surface area (Å²) < 4.78 is 18.7. The number of carbonyl (C=O) groups is 1. The highest BCUT2D eigenvalue weighted by molar-refractivity contribution is 9.10. The molecule has 0 bridgehead atoms. The number of amides is 1. The first kappa shape index (κ1) is 14.8. The van der Waals surface area contributed by atoms with Gasteiger partial charge in [0, 0.05) is 23.6 Å². The first-order chi connectivity index (χ1) is 9.06. The summed E-state index contributed by atoms with van der Waals surface area (Å²) in [5.41, 5.74) is -0.0394. The van der Waals surface area contributed by atoms with Crippen molar-refractivity contribution in [3.63, 3.8) is 0 Å². The lowest BCUT2D eigenvalue weighted by Gasteiger charge is -2.36. The molecular formula is C13H14BrClFNO2. The van der Waals surface area contributed by atoms with Gasteiger partial charge in [0.05, 0.1) is 11.1 Å². The highest BCUT2D eigenvalue weighted by Gasteiger charge is 2.33. The Kier molecular flexibility index (Phi) is 4.81. The maximum atomic E-state index is 13.0. The fraction of sp³-hybridized carbons (Fsp3) is 0.462. The summed E-state index contributed by atoms with van der Waals surface area (Å²) in [5.74, 6) is -0.308. The van der Waals surface area contributed by atoms with Crippen molar-refractivity contribution in [2.45, 2.75) is 18.4 Å². The number of halogens is 3. The van der Waals surface area contributed by atoms with Gasteiger partial charge in [0.1, 0.15) is 5.82 Å². The third-order valence-corrected chi connectivity index (χ3v) is 4.43. The lowest BCUT2D eigenvalue weighted by Crippen LogP contribution is -2.53.